The summed E-state index contributed by atoms with van der Waals surface area (Å²) in [4.78, 5) is 2.18. The predicted molar refractivity (Wildman–Crippen MR) is 94.8 cm³/mol. The van der Waals surface area contributed by atoms with E-state index in [4.69, 9.17) is 11.6 Å². The molecule has 0 saturated heterocycles. The Morgan fingerprint density at radius 2 is 1.77 bits per heavy atom. The molecule has 1 aliphatic rings. The molecule has 22 heavy (non-hydrogen) atoms. The minimum absolute atomic E-state index is 0.298. The Hall–Kier alpha value is -1.57. The van der Waals surface area contributed by atoms with Gasteiger partial charge in [0.1, 0.15) is 0 Å². The first-order valence-corrected chi connectivity index (χ1v) is 8.20. The van der Waals surface area contributed by atoms with Gasteiger partial charge in [-0.05, 0) is 61.3 Å². The van der Waals surface area contributed by atoms with Crippen molar-refractivity contribution in [3.8, 4) is 0 Å². The van der Waals surface area contributed by atoms with Crippen LogP contribution in [0.5, 0.6) is 0 Å². The maximum atomic E-state index is 6.27. The van der Waals surface area contributed by atoms with E-state index in [0.717, 1.165) is 24.4 Å². The topological polar surface area (TPSA) is 3.24 Å². The molecule has 0 spiro atoms. The van der Waals surface area contributed by atoms with E-state index in [1.54, 1.807) is 0 Å². The summed E-state index contributed by atoms with van der Waals surface area (Å²) in [6.07, 6.45) is 6.78. The number of hydrogen-bond acceptors (Lipinski definition) is 1. The lowest BCUT2D eigenvalue weighted by molar-refractivity contribution is 0.456. The van der Waals surface area contributed by atoms with Crippen molar-refractivity contribution in [3.63, 3.8) is 0 Å². The van der Waals surface area contributed by atoms with Gasteiger partial charge in [0.15, 0.2) is 0 Å². The van der Waals surface area contributed by atoms with Gasteiger partial charge in [0.05, 0.1) is 0 Å². The second kappa shape index (κ2) is 6.68. The third-order valence-electron chi connectivity index (χ3n) is 4.30. The Bertz CT molecular complexity index is 688. The fraction of sp³-hybridized carbons (Fsp3) is 0.300. The number of rotatable bonds is 3. The van der Waals surface area contributed by atoms with Crippen LogP contribution < -0.4 is 0 Å². The van der Waals surface area contributed by atoms with Crippen LogP contribution in [0, 0.1) is 0 Å². The number of nitrogens with zero attached hydrogens (tertiary/aromatic N) is 1. The largest absolute Gasteiger partial charge is 0.306 e. The number of halogens is 1. The summed E-state index contributed by atoms with van der Waals surface area (Å²) in [7, 11) is 4.19. The van der Waals surface area contributed by atoms with Crippen LogP contribution in [0.25, 0.3) is 0 Å². The van der Waals surface area contributed by atoms with Gasteiger partial charge in [-0.15, -0.1) is 0 Å². The Balaban J connectivity index is 2.08. The molecule has 0 radical (unpaired) electrons. The maximum absolute atomic E-state index is 6.27. The highest BCUT2D eigenvalue weighted by atomic mass is 35.5. The molecule has 1 aliphatic carbocycles. The third kappa shape index (κ3) is 3.26. The molecule has 1 unspecified atom stereocenters. The van der Waals surface area contributed by atoms with E-state index in [0.29, 0.717) is 5.92 Å². The van der Waals surface area contributed by atoms with Gasteiger partial charge in [0.25, 0.3) is 0 Å². The lowest BCUT2D eigenvalue weighted by atomic mass is 9.88. The number of aryl methyl sites for hydroxylation is 2. The molecular formula is C20H22ClN. The summed E-state index contributed by atoms with van der Waals surface area (Å²) in [5.74, 6) is 0.298. The molecule has 0 bridgehead atoms. The zero-order valence-corrected chi connectivity index (χ0v) is 14.0. The van der Waals surface area contributed by atoms with Gasteiger partial charge >= 0.3 is 0 Å². The molecule has 2 heteroatoms. The third-order valence-corrected chi connectivity index (χ3v) is 4.53. The number of hydrogen-bond donors (Lipinski definition) is 0. The van der Waals surface area contributed by atoms with E-state index >= 15 is 0 Å². The van der Waals surface area contributed by atoms with Crippen LogP contribution in [0.15, 0.2) is 54.6 Å². The Morgan fingerprint density at radius 1 is 1.05 bits per heavy atom. The van der Waals surface area contributed by atoms with Gasteiger partial charge in [-0.1, -0.05) is 54.1 Å². The van der Waals surface area contributed by atoms with Crippen LogP contribution in [0.3, 0.4) is 0 Å². The fourth-order valence-corrected chi connectivity index (χ4v) is 3.38. The highest BCUT2D eigenvalue weighted by molar-refractivity contribution is 6.30. The number of benzene rings is 2. The summed E-state index contributed by atoms with van der Waals surface area (Å²) in [6, 6.07) is 15.1. The average molecular weight is 312 g/mol. The van der Waals surface area contributed by atoms with Crippen LogP contribution in [-0.4, -0.2) is 25.5 Å². The van der Waals surface area contributed by atoms with Crippen molar-refractivity contribution in [1.29, 1.82) is 0 Å². The highest BCUT2D eigenvalue weighted by Gasteiger charge is 2.21. The fourth-order valence-electron chi connectivity index (χ4n) is 3.20. The predicted octanol–water partition coefficient (Wildman–Crippen LogP) is 4.69. The first kappa shape index (κ1) is 15.3. The molecule has 0 N–H and O–H groups in total. The molecule has 1 nitrogen and oxygen atoms in total. The van der Waals surface area contributed by atoms with Crippen molar-refractivity contribution < 1.29 is 0 Å². The smallest absolute Gasteiger partial charge is 0.0409 e. The maximum Gasteiger partial charge on any atom is 0.0409 e. The molecule has 2 aromatic rings. The quantitative estimate of drug-likeness (QED) is 0.743. The Kier molecular flexibility index (Phi) is 4.66. The van der Waals surface area contributed by atoms with Crippen LogP contribution in [0.2, 0.25) is 5.02 Å². The zero-order chi connectivity index (χ0) is 15.5. The highest BCUT2D eigenvalue weighted by Crippen LogP contribution is 2.36. The van der Waals surface area contributed by atoms with Crippen LogP contribution >= 0.6 is 11.6 Å². The minimum atomic E-state index is 0.298. The second-order valence-electron chi connectivity index (χ2n) is 6.21. The van der Waals surface area contributed by atoms with E-state index < -0.39 is 0 Å². The summed E-state index contributed by atoms with van der Waals surface area (Å²) >= 11 is 6.27. The standard InChI is InChI=1S/C20H22ClN/c1-22(2)13-5-8-19-18-7-4-3-6-15(18)9-10-16-11-12-17(21)14-20(16)19/h3-8,11-12,14,19H,9-10,13H2,1-2H3/b8-5-. The van der Waals surface area contributed by atoms with E-state index in [1.807, 2.05) is 6.07 Å². The van der Waals surface area contributed by atoms with Crippen LogP contribution in [0.1, 0.15) is 28.2 Å². The van der Waals surface area contributed by atoms with Crippen molar-refractivity contribution in [1.82, 2.24) is 4.90 Å². The first-order valence-electron chi connectivity index (χ1n) is 7.82. The lowest BCUT2D eigenvalue weighted by Crippen LogP contribution is -2.11. The van der Waals surface area contributed by atoms with Crippen LogP contribution in [-0.2, 0) is 12.8 Å². The molecule has 0 amide bonds. The number of likely N-dealkylation sites (N-methyl/N-ethyl adjacent to an activating group) is 1. The molecule has 1 atom stereocenters. The van der Waals surface area contributed by atoms with E-state index in [9.17, 15) is 0 Å². The SMILES string of the molecule is CN(C)C/C=C\C1c2ccccc2CCc2ccc(Cl)cc21. The summed E-state index contributed by atoms with van der Waals surface area (Å²) in [5.41, 5.74) is 5.64. The van der Waals surface area contributed by atoms with Crippen molar-refractivity contribution >= 4 is 11.6 Å². The molecule has 0 heterocycles. The van der Waals surface area contributed by atoms with Gasteiger partial charge in [-0.25, -0.2) is 0 Å². The van der Waals surface area contributed by atoms with E-state index in [-0.39, 0.29) is 0 Å². The molecule has 114 valence electrons. The van der Waals surface area contributed by atoms with Crippen molar-refractivity contribution in [2.24, 2.45) is 0 Å². The second-order valence-corrected chi connectivity index (χ2v) is 6.65. The van der Waals surface area contributed by atoms with Crippen molar-refractivity contribution in [3.05, 3.63) is 81.9 Å². The minimum Gasteiger partial charge on any atom is -0.306 e. The Morgan fingerprint density at radius 3 is 2.55 bits per heavy atom. The summed E-state index contributed by atoms with van der Waals surface area (Å²) in [6.45, 7) is 0.953. The van der Waals surface area contributed by atoms with Crippen LogP contribution in [0.4, 0.5) is 0 Å². The normalized spacial score (nSPS) is 17.4. The van der Waals surface area contributed by atoms with Gasteiger partial charge in [-0.2, -0.15) is 0 Å². The molecule has 0 saturated carbocycles. The van der Waals surface area contributed by atoms with Crippen molar-refractivity contribution in [2.75, 3.05) is 20.6 Å². The van der Waals surface area contributed by atoms with E-state index in [1.165, 1.54) is 22.3 Å². The number of fused-ring (bicyclic) bond motifs is 2. The van der Waals surface area contributed by atoms with Gasteiger partial charge in [0.2, 0.25) is 0 Å². The number of allylic oxidation sites excluding steroid dienone is 1. The van der Waals surface area contributed by atoms with Gasteiger partial charge < -0.3 is 4.90 Å². The monoisotopic (exact) mass is 311 g/mol. The lowest BCUT2D eigenvalue weighted by Gasteiger charge is -2.17. The van der Waals surface area contributed by atoms with Crippen molar-refractivity contribution in [2.45, 2.75) is 18.8 Å². The Labute approximate surface area is 138 Å². The molecule has 0 aliphatic heterocycles. The molecule has 0 aromatic heterocycles. The van der Waals surface area contributed by atoms with E-state index in [2.05, 4.69) is 67.5 Å². The molecule has 3 rings (SSSR count). The summed E-state index contributed by atoms with van der Waals surface area (Å²) < 4.78 is 0. The average Bonchev–Trinajstić information content (AvgIpc) is 2.65. The van der Waals surface area contributed by atoms with Gasteiger partial charge in [0, 0.05) is 17.5 Å². The first-order chi connectivity index (χ1) is 10.6. The molecule has 0 fully saturated rings. The van der Waals surface area contributed by atoms with Gasteiger partial charge in [-0.3, -0.25) is 0 Å². The molecular weight excluding hydrogens is 290 g/mol. The zero-order valence-electron chi connectivity index (χ0n) is 13.2. The molecule has 2 aromatic carbocycles. The summed E-state index contributed by atoms with van der Waals surface area (Å²) in [5, 5.41) is 0.823.